The van der Waals surface area contributed by atoms with Crippen molar-refractivity contribution in [3.05, 3.63) is 0 Å². The van der Waals surface area contributed by atoms with Crippen molar-refractivity contribution in [3.63, 3.8) is 0 Å². The van der Waals surface area contributed by atoms with E-state index in [2.05, 4.69) is 5.32 Å². The molecule has 0 aromatic rings. The van der Waals surface area contributed by atoms with Gasteiger partial charge >= 0.3 is 0 Å². The van der Waals surface area contributed by atoms with Crippen molar-refractivity contribution in [2.75, 3.05) is 13.2 Å². The first-order valence-corrected chi connectivity index (χ1v) is 6.23. The molecule has 16 heavy (non-hydrogen) atoms. The van der Waals surface area contributed by atoms with Gasteiger partial charge in [0.1, 0.15) is 0 Å². The summed E-state index contributed by atoms with van der Waals surface area (Å²) in [5.74, 6) is 0.0172. The number of amides is 1. The van der Waals surface area contributed by atoms with Gasteiger partial charge in [-0.25, -0.2) is 0 Å². The van der Waals surface area contributed by atoms with Crippen molar-refractivity contribution in [1.82, 2.24) is 5.32 Å². The summed E-state index contributed by atoms with van der Waals surface area (Å²) >= 11 is 0. The molecule has 1 saturated carbocycles. The van der Waals surface area contributed by atoms with Crippen LogP contribution in [0.2, 0.25) is 0 Å². The number of carbonyl (C=O) groups is 1. The number of rotatable bonds is 7. The van der Waals surface area contributed by atoms with Crippen LogP contribution in [0.25, 0.3) is 0 Å². The average molecular weight is 228 g/mol. The zero-order chi connectivity index (χ0) is 12.0. The molecule has 3 N–H and O–H groups in total. The standard InChI is InChI=1S/C12H24N2O2/c1-10(2)16-9-4-3-8-14-11(15)12(13)6-5-7-12/h10H,3-9,13H2,1-2H3,(H,14,15). The highest BCUT2D eigenvalue weighted by Gasteiger charge is 2.39. The molecule has 1 rings (SSSR count). The summed E-state index contributed by atoms with van der Waals surface area (Å²) in [4.78, 5) is 11.6. The smallest absolute Gasteiger partial charge is 0.240 e. The maximum Gasteiger partial charge on any atom is 0.240 e. The monoisotopic (exact) mass is 228 g/mol. The normalized spacial score (nSPS) is 18.2. The molecule has 4 nitrogen and oxygen atoms in total. The van der Waals surface area contributed by atoms with E-state index in [0.29, 0.717) is 6.54 Å². The number of hydrogen-bond donors (Lipinski definition) is 2. The SMILES string of the molecule is CC(C)OCCCCNC(=O)C1(N)CCC1. The van der Waals surface area contributed by atoms with Crippen LogP contribution in [0.5, 0.6) is 0 Å². The van der Waals surface area contributed by atoms with Gasteiger partial charge in [0.25, 0.3) is 0 Å². The largest absolute Gasteiger partial charge is 0.379 e. The molecule has 0 radical (unpaired) electrons. The highest BCUT2D eigenvalue weighted by atomic mass is 16.5. The Morgan fingerprint density at radius 2 is 2.12 bits per heavy atom. The summed E-state index contributed by atoms with van der Waals surface area (Å²) in [6.45, 7) is 5.52. The van der Waals surface area contributed by atoms with Crippen LogP contribution in [0.4, 0.5) is 0 Å². The molecule has 1 amide bonds. The van der Waals surface area contributed by atoms with Crippen LogP contribution in [0.15, 0.2) is 0 Å². The van der Waals surface area contributed by atoms with E-state index in [1.54, 1.807) is 0 Å². The number of hydrogen-bond acceptors (Lipinski definition) is 3. The van der Waals surface area contributed by atoms with Crippen molar-refractivity contribution in [2.24, 2.45) is 5.73 Å². The summed E-state index contributed by atoms with van der Waals surface area (Å²) in [7, 11) is 0. The van der Waals surface area contributed by atoms with E-state index in [-0.39, 0.29) is 12.0 Å². The van der Waals surface area contributed by atoms with E-state index in [4.69, 9.17) is 10.5 Å². The zero-order valence-corrected chi connectivity index (χ0v) is 10.4. The summed E-state index contributed by atoms with van der Waals surface area (Å²) in [6, 6.07) is 0. The average Bonchev–Trinajstić information content (AvgIpc) is 2.18. The van der Waals surface area contributed by atoms with Gasteiger partial charge in [-0.2, -0.15) is 0 Å². The maximum absolute atomic E-state index is 11.6. The minimum atomic E-state index is -0.561. The molecular weight excluding hydrogens is 204 g/mol. The molecule has 0 aromatic carbocycles. The van der Waals surface area contributed by atoms with Crippen LogP contribution in [-0.2, 0) is 9.53 Å². The van der Waals surface area contributed by atoms with Gasteiger partial charge in [-0.3, -0.25) is 4.79 Å². The van der Waals surface area contributed by atoms with Gasteiger partial charge in [0.2, 0.25) is 5.91 Å². The quantitative estimate of drug-likeness (QED) is 0.643. The van der Waals surface area contributed by atoms with Crippen LogP contribution < -0.4 is 11.1 Å². The van der Waals surface area contributed by atoms with Crippen LogP contribution >= 0.6 is 0 Å². The molecule has 0 aliphatic heterocycles. The van der Waals surface area contributed by atoms with Crippen molar-refractivity contribution in [2.45, 2.75) is 57.6 Å². The minimum absolute atomic E-state index is 0.0172. The lowest BCUT2D eigenvalue weighted by Crippen LogP contribution is -2.58. The Morgan fingerprint density at radius 3 is 2.62 bits per heavy atom. The van der Waals surface area contributed by atoms with Crippen molar-refractivity contribution in [1.29, 1.82) is 0 Å². The lowest BCUT2D eigenvalue weighted by atomic mass is 9.77. The Labute approximate surface area is 97.9 Å². The first kappa shape index (κ1) is 13.5. The van der Waals surface area contributed by atoms with Gasteiger partial charge in [0.05, 0.1) is 11.6 Å². The number of nitrogens with two attached hydrogens (primary N) is 1. The van der Waals surface area contributed by atoms with Gasteiger partial charge in [-0.05, 0) is 46.0 Å². The molecule has 0 heterocycles. The fraction of sp³-hybridized carbons (Fsp3) is 0.917. The van der Waals surface area contributed by atoms with Crippen molar-refractivity contribution in [3.8, 4) is 0 Å². The highest BCUT2D eigenvalue weighted by molar-refractivity contribution is 5.86. The molecule has 1 aliphatic rings. The third-order valence-corrected chi connectivity index (χ3v) is 3.01. The topological polar surface area (TPSA) is 64.3 Å². The lowest BCUT2D eigenvalue weighted by molar-refractivity contribution is -0.129. The fourth-order valence-electron chi connectivity index (χ4n) is 1.71. The Bertz CT molecular complexity index is 225. The van der Waals surface area contributed by atoms with Crippen LogP contribution in [-0.4, -0.2) is 30.7 Å². The predicted octanol–water partition coefficient (Wildman–Crippen LogP) is 1.19. The molecule has 1 fully saturated rings. The Balaban J connectivity index is 1.97. The van der Waals surface area contributed by atoms with E-state index >= 15 is 0 Å². The first-order valence-electron chi connectivity index (χ1n) is 6.23. The molecule has 1 aliphatic carbocycles. The third-order valence-electron chi connectivity index (χ3n) is 3.01. The predicted molar refractivity (Wildman–Crippen MR) is 64.1 cm³/mol. The lowest BCUT2D eigenvalue weighted by Gasteiger charge is -2.36. The van der Waals surface area contributed by atoms with Crippen LogP contribution in [0.1, 0.15) is 46.0 Å². The second-order valence-corrected chi connectivity index (χ2v) is 4.89. The molecule has 0 saturated heterocycles. The van der Waals surface area contributed by atoms with Gasteiger partial charge < -0.3 is 15.8 Å². The van der Waals surface area contributed by atoms with Gasteiger partial charge in [-0.1, -0.05) is 0 Å². The van der Waals surface area contributed by atoms with E-state index in [1.165, 1.54) is 0 Å². The van der Waals surface area contributed by atoms with Crippen LogP contribution in [0, 0.1) is 0 Å². The molecule has 0 atom stereocenters. The minimum Gasteiger partial charge on any atom is -0.379 e. The Morgan fingerprint density at radius 1 is 1.44 bits per heavy atom. The number of carbonyl (C=O) groups excluding carboxylic acids is 1. The van der Waals surface area contributed by atoms with Gasteiger partial charge in [0.15, 0.2) is 0 Å². The number of ether oxygens (including phenoxy) is 1. The van der Waals surface area contributed by atoms with Gasteiger partial charge in [-0.15, -0.1) is 0 Å². The second-order valence-electron chi connectivity index (χ2n) is 4.89. The molecule has 0 aromatic heterocycles. The fourth-order valence-corrected chi connectivity index (χ4v) is 1.71. The first-order chi connectivity index (χ1) is 7.54. The summed E-state index contributed by atoms with van der Waals surface area (Å²) in [6.07, 6.45) is 4.96. The number of unbranched alkanes of at least 4 members (excludes halogenated alkanes) is 1. The molecule has 4 heteroatoms. The van der Waals surface area contributed by atoms with Crippen LogP contribution in [0.3, 0.4) is 0 Å². The molecule has 94 valence electrons. The van der Waals surface area contributed by atoms with E-state index in [1.807, 2.05) is 13.8 Å². The van der Waals surface area contributed by atoms with E-state index in [0.717, 1.165) is 38.7 Å². The number of nitrogens with one attached hydrogen (secondary N) is 1. The van der Waals surface area contributed by atoms with Crippen molar-refractivity contribution >= 4 is 5.91 Å². The zero-order valence-electron chi connectivity index (χ0n) is 10.4. The summed E-state index contributed by atoms with van der Waals surface area (Å²) in [5.41, 5.74) is 5.33. The van der Waals surface area contributed by atoms with E-state index < -0.39 is 5.54 Å². The molecule has 0 spiro atoms. The Kier molecular flexibility index (Phi) is 5.22. The second kappa shape index (κ2) is 6.21. The van der Waals surface area contributed by atoms with E-state index in [9.17, 15) is 4.79 Å². The van der Waals surface area contributed by atoms with Gasteiger partial charge in [0, 0.05) is 13.2 Å². The Hall–Kier alpha value is -0.610. The molecular formula is C12H24N2O2. The molecule has 0 bridgehead atoms. The maximum atomic E-state index is 11.6. The summed E-state index contributed by atoms with van der Waals surface area (Å²) < 4.78 is 5.41. The highest BCUT2D eigenvalue weighted by Crippen LogP contribution is 2.28. The summed E-state index contributed by atoms with van der Waals surface area (Å²) in [5, 5.41) is 2.89. The third kappa shape index (κ3) is 4.10. The van der Waals surface area contributed by atoms with Crippen molar-refractivity contribution < 1.29 is 9.53 Å². The molecule has 0 unspecified atom stereocenters.